The molecule has 1 aromatic heterocycles. The molecule has 26 heavy (non-hydrogen) atoms. The van der Waals surface area contributed by atoms with Gasteiger partial charge in [-0.25, -0.2) is 0 Å². The summed E-state index contributed by atoms with van der Waals surface area (Å²) in [7, 11) is 0. The highest BCUT2D eigenvalue weighted by molar-refractivity contribution is 6.40. The van der Waals surface area contributed by atoms with Crippen LogP contribution in [0.4, 0.5) is 5.69 Å². The summed E-state index contributed by atoms with van der Waals surface area (Å²) in [5, 5.41) is 5.52. The maximum atomic E-state index is 12.3. The van der Waals surface area contributed by atoms with E-state index in [1.54, 1.807) is 31.2 Å². The van der Waals surface area contributed by atoms with Gasteiger partial charge in [-0.3, -0.25) is 14.4 Å². The van der Waals surface area contributed by atoms with E-state index in [0.717, 1.165) is 5.56 Å². The van der Waals surface area contributed by atoms with Crippen molar-refractivity contribution in [1.82, 2.24) is 5.32 Å². The van der Waals surface area contributed by atoms with Crippen molar-refractivity contribution in [3.05, 3.63) is 65.9 Å². The fourth-order valence-electron chi connectivity index (χ4n) is 2.60. The van der Waals surface area contributed by atoms with Crippen LogP contribution in [-0.2, 0) is 9.59 Å². The number of primary amides is 1. The van der Waals surface area contributed by atoms with Gasteiger partial charge in [-0.1, -0.05) is 42.5 Å². The zero-order valence-electron chi connectivity index (χ0n) is 14.0. The molecule has 0 aliphatic rings. The summed E-state index contributed by atoms with van der Waals surface area (Å²) in [6.07, 6.45) is 0. The molecule has 2 aromatic carbocycles. The van der Waals surface area contributed by atoms with Crippen LogP contribution in [0.2, 0.25) is 0 Å². The molecule has 0 aliphatic carbocycles. The molecule has 7 heteroatoms. The SMILES string of the molecule is C[C@@H](NC(=O)C(=O)Nc1c(C(N)=O)oc2ccccc12)c1ccccc1. The third-order valence-corrected chi connectivity index (χ3v) is 3.91. The number of rotatable bonds is 4. The molecule has 0 bridgehead atoms. The molecule has 3 rings (SSSR count). The molecule has 0 spiro atoms. The van der Waals surface area contributed by atoms with E-state index in [-0.39, 0.29) is 17.5 Å². The van der Waals surface area contributed by atoms with Gasteiger partial charge in [0.25, 0.3) is 5.91 Å². The van der Waals surface area contributed by atoms with E-state index in [2.05, 4.69) is 10.6 Å². The minimum absolute atomic E-state index is 0.0839. The second kappa shape index (κ2) is 7.10. The van der Waals surface area contributed by atoms with Crippen molar-refractivity contribution in [2.24, 2.45) is 5.73 Å². The summed E-state index contributed by atoms with van der Waals surface area (Å²) in [4.78, 5) is 36.1. The minimum Gasteiger partial charge on any atom is -0.449 e. The summed E-state index contributed by atoms with van der Waals surface area (Å²) < 4.78 is 5.37. The number of amides is 3. The molecule has 0 saturated heterocycles. The number of carbonyl (C=O) groups is 3. The minimum atomic E-state index is -0.915. The monoisotopic (exact) mass is 351 g/mol. The summed E-state index contributed by atoms with van der Waals surface area (Å²) in [5.41, 5.74) is 6.63. The fraction of sp³-hybridized carbons (Fsp3) is 0.105. The summed E-state index contributed by atoms with van der Waals surface area (Å²) in [6, 6.07) is 15.6. The van der Waals surface area contributed by atoms with E-state index in [1.165, 1.54) is 0 Å². The Kier molecular flexibility index (Phi) is 4.70. The van der Waals surface area contributed by atoms with Crippen LogP contribution in [0.5, 0.6) is 0 Å². The molecule has 0 unspecified atom stereocenters. The van der Waals surface area contributed by atoms with E-state index in [1.807, 2.05) is 30.3 Å². The van der Waals surface area contributed by atoms with Crippen molar-refractivity contribution < 1.29 is 18.8 Å². The number of hydrogen-bond donors (Lipinski definition) is 3. The highest BCUT2D eigenvalue weighted by atomic mass is 16.3. The van der Waals surface area contributed by atoms with Gasteiger partial charge < -0.3 is 20.8 Å². The molecular formula is C19H17N3O4. The lowest BCUT2D eigenvalue weighted by Gasteiger charge is -2.14. The first-order valence-corrected chi connectivity index (χ1v) is 7.95. The van der Waals surface area contributed by atoms with Crippen LogP contribution in [0.25, 0.3) is 11.0 Å². The van der Waals surface area contributed by atoms with Gasteiger partial charge in [-0.05, 0) is 24.6 Å². The van der Waals surface area contributed by atoms with Crippen molar-refractivity contribution in [1.29, 1.82) is 0 Å². The highest BCUT2D eigenvalue weighted by Gasteiger charge is 2.24. The maximum Gasteiger partial charge on any atom is 0.313 e. The Morgan fingerprint density at radius 3 is 2.31 bits per heavy atom. The zero-order valence-corrected chi connectivity index (χ0v) is 14.0. The quantitative estimate of drug-likeness (QED) is 0.626. The Bertz CT molecular complexity index is 979. The van der Waals surface area contributed by atoms with E-state index in [4.69, 9.17) is 10.2 Å². The van der Waals surface area contributed by atoms with Gasteiger partial charge in [-0.2, -0.15) is 0 Å². The first-order chi connectivity index (χ1) is 12.5. The number of carbonyl (C=O) groups excluding carboxylic acids is 3. The Morgan fingerprint density at radius 2 is 1.62 bits per heavy atom. The van der Waals surface area contributed by atoms with E-state index in [9.17, 15) is 14.4 Å². The van der Waals surface area contributed by atoms with Crippen LogP contribution >= 0.6 is 0 Å². The van der Waals surface area contributed by atoms with E-state index >= 15 is 0 Å². The average molecular weight is 351 g/mol. The first kappa shape index (κ1) is 17.2. The molecular weight excluding hydrogens is 334 g/mol. The molecule has 3 amide bonds. The van der Waals surface area contributed by atoms with Crippen LogP contribution in [0.3, 0.4) is 0 Å². The van der Waals surface area contributed by atoms with Crippen LogP contribution in [0, 0.1) is 0 Å². The average Bonchev–Trinajstić information content (AvgIpc) is 3.01. The predicted molar refractivity (Wildman–Crippen MR) is 96.4 cm³/mol. The number of nitrogens with two attached hydrogens (primary N) is 1. The summed E-state index contributed by atoms with van der Waals surface area (Å²) >= 11 is 0. The third-order valence-electron chi connectivity index (χ3n) is 3.91. The Hall–Kier alpha value is -3.61. The van der Waals surface area contributed by atoms with Gasteiger partial charge >= 0.3 is 11.8 Å². The maximum absolute atomic E-state index is 12.3. The Morgan fingerprint density at radius 1 is 0.962 bits per heavy atom. The van der Waals surface area contributed by atoms with Gasteiger partial charge in [0.15, 0.2) is 0 Å². The van der Waals surface area contributed by atoms with Crippen LogP contribution < -0.4 is 16.4 Å². The topological polar surface area (TPSA) is 114 Å². The van der Waals surface area contributed by atoms with Crippen molar-refractivity contribution in [2.75, 3.05) is 5.32 Å². The second-order valence-electron chi connectivity index (χ2n) is 5.73. The molecule has 132 valence electrons. The van der Waals surface area contributed by atoms with Crippen LogP contribution in [0.15, 0.2) is 59.0 Å². The molecule has 0 aliphatic heterocycles. The van der Waals surface area contributed by atoms with E-state index in [0.29, 0.717) is 11.0 Å². The van der Waals surface area contributed by atoms with Crippen LogP contribution in [-0.4, -0.2) is 17.7 Å². The number of para-hydroxylation sites is 1. The molecule has 7 nitrogen and oxygen atoms in total. The standard InChI is InChI=1S/C19H17N3O4/c1-11(12-7-3-2-4-8-12)21-18(24)19(25)22-15-13-9-5-6-10-14(13)26-16(15)17(20)23/h2-11H,1H3,(H2,20,23)(H,21,24)(H,22,25)/t11-/m1/s1. The lowest BCUT2D eigenvalue weighted by Crippen LogP contribution is -2.37. The van der Waals surface area contributed by atoms with Gasteiger partial charge in [0.05, 0.1) is 6.04 Å². The van der Waals surface area contributed by atoms with Crippen molar-refractivity contribution in [3.8, 4) is 0 Å². The van der Waals surface area contributed by atoms with Gasteiger partial charge in [-0.15, -0.1) is 0 Å². The summed E-state index contributed by atoms with van der Waals surface area (Å²) in [6.45, 7) is 1.77. The molecule has 1 heterocycles. The molecule has 3 aromatic rings. The largest absolute Gasteiger partial charge is 0.449 e. The Balaban J connectivity index is 1.79. The first-order valence-electron chi connectivity index (χ1n) is 7.95. The third kappa shape index (κ3) is 3.41. The van der Waals surface area contributed by atoms with Crippen LogP contribution in [0.1, 0.15) is 29.1 Å². The normalized spacial score (nSPS) is 11.7. The summed E-state index contributed by atoms with van der Waals surface area (Å²) in [5.74, 6) is -2.79. The molecule has 1 atom stereocenters. The van der Waals surface area contributed by atoms with Gasteiger partial charge in [0.1, 0.15) is 11.3 Å². The molecule has 4 N–H and O–H groups in total. The highest BCUT2D eigenvalue weighted by Crippen LogP contribution is 2.30. The molecule has 0 saturated carbocycles. The van der Waals surface area contributed by atoms with Gasteiger partial charge in [0.2, 0.25) is 5.76 Å². The van der Waals surface area contributed by atoms with Crippen molar-refractivity contribution in [3.63, 3.8) is 0 Å². The van der Waals surface area contributed by atoms with Crippen molar-refractivity contribution in [2.45, 2.75) is 13.0 Å². The van der Waals surface area contributed by atoms with E-state index < -0.39 is 17.7 Å². The number of fused-ring (bicyclic) bond motifs is 1. The lowest BCUT2D eigenvalue weighted by molar-refractivity contribution is -0.136. The van der Waals surface area contributed by atoms with Gasteiger partial charge in [0, 0.05) is 5.39 Å². The number of nitrogens with one attached hydrogen (secondary N) is 2. The number of furan rings is 1. The number of hydrogen-bond acceptors (Lipinski definition) is 4. The molecule has 0 radical (unpaired) electrons. The smallest absolute Gasteiger partial charge is 0.313 e. The fourth-order valence-corrected chi connectivity index (χ4v) is 2.60. The predicted octanol–water partition coefficient (Wildman–Crippen LogP) is 2.35. The lowest BCUT2D eigenvalue weighted by atomic mass is 10.1. The zero-order chi connectivity index (χ0) is 18.7. The molecule has 0 fully saturated rings. The number of anilines is 1. The van der Waals surface area contributed by atoms with Crippen molar-refractivity contribution >= 4 is 34.4 Å². The second-order valence-corrected chi connectivity index (χ2v) is 5.73. The Labute approximate surface area is 149 Å². The number of benzene rings is 2.